The maximum absolute atomic E-state index is 13.7. The van der Waals surface area contributed by atoms with Crippen LogP contribution >= 0.6 is 0 Å². The van der Waals surface area contributed by atoms with Crippen LogP contribution in [0.4, 0.5) is 14.8 Å². The molecule has 4 N–H and O–H groups in total. The molecule has 0 aliphatic heterocycles. The van der Waals surface area contributed by atoms with Gasteiger partial charge in [-0.1, -0.05) is 18.1 Å². The summed E-state index contributed by atoms with van der Waals surface area (Å²) in [5, 5.41) is 16.6. The van der Waals surface area contributed by atoms with Crippen LogP contribution in [-0.4, -0.2) is 49.4 Å². The van der Waals surface area contributed by atoms with E-state index in [0.717, 1.165) is 36.3 Å². The van der Waals surface area contributed by atoms with Crippen molar-refractivity contribution in [1.29, 1.82) is 0 Å². The first-order valence-electron chi connectivity index (χ1n) is 11.1. The number of nitrogens with one attached hydrogen (secondary N) is 3. The minimum atomic E-state index is -3.62. The van der Waals surface area contributed by atoms with Gasteiger partial charge in [0.05, 0.1) is 30.5 Å². The normalized spacial score (nSPS) is 12.9. The summed E-state index contributed by atoms with van der Waals surface area (Å²) in [6.45, 7) is 0.437. The SMILES string of the molecule is C#Cc1cccc(CNC[C@@H](O)[C@H](Cc2cc(F)cc(F)c2)NC(=O)Cc2coc(NS(C)(=O)=O)n2)c1. The lowest BCUT2D eigenvalue weighted by Crippen LogP contribution is -2.49. The summed E-state index contributed by atoms with van der Waals surface area (Å²) >= 11 is 0. The lowest BCUT2D eigenvalue weighted by atomic mass is 10.00. The fourth-order valence-electron chi connectivity index (χ4n) is 3.56. The summed E-state index contributed by atoms with van der Waals surface area (Å²) in [5.74, 6) is 0.410. The van der Waals surface area contributed by atoms with Crippen molar-refractivity contribution >= 4 is 21.9 Å². The first kappa shape index (κ1) is 27.8. The Hall–Kier alpha value is -3.79. The number of aliphatic hydroxyl groups is 1. The molecule has 0 fully saturated rings. The predicted molar refractivity (Wildman–Crippen MR) is 133 cm³/mol. The molecule has 3 rings (SSSR count). The van der Waals surface area contributed by atoms with Crippen LogP contribution in [0.2, 0.25) is 0 Å². The molecular weight excluding hydrogens is 506 g/mol. The summed E-state index contributed by atoms with van der Waals surface area (Å²) in [6, 6.07) is 9.03. The third kappa shape index (κ3) is 9.30. The number of benzene rings is 2. The van der Waals surface area contributed by atoms with Crippen molar-refractivity contribution in [2.24, 2.45) is 0 Å². The van der Waals surface area contributed by atoms with E-state index in [9.17, 15) is 27.1 Å². The standard InChI is InChI=1S/C25H26F2N4O5S/c1-3-16-5-4-6-17(7-16)13-28-14-23(32)22(10-18-8-19(26)11-20(27)9-18)30-24(33)12-21-15-36-25(29-21)31-37(2,34)35/h1,4-9,11,15,22-23,28,32H,10,12-14H2,2H3,(H,29,31)(H,30,33)/t22-,23+/m0/s1. The third-order valence-electron chi connectivity index (χ3n) is 5.13. The van der Waals surface area contributed by atoms with Gasteiger partial charge in [-0.25, -0.2) is 21.9 Å². The van der Waals surface area contributed by atoms with E-state index >= 15 is 0 Å². The Bertz CT molecular complexity index is 1370. The lowest BCUT2D eigenvalue weighted by Gasteiger charge is -2.25. The highest BCUT2D eigenvalue weighted by atomic mass is 32.2. The summed E-state index contributed by atoms with van der Waals surface area (Å²) in [4.78, 5) is 16.6. The Morgan fingerprint density at radius 3 is 2.59 bits per heavy atom. The minimum absolute atomic E-state index is 0.0510. The molecule has 3 aromatic rings. The Morgan fingerprint density at radius 2 is 1.92 bits per heavy atom. The first-order chi connectivity index (χ1) is 17.5. The molecule has 196 valence electrons. The molecule has 0 spiro atoms. The molecule has 0 saturated heterocycles. The molecule has 12 heteroatoms. The smallest absolute Gasteiger partial charge is 0.308 e. The Kier molecular flexibility index (Phi) is 9.35. The molecule has 0 bridgehead atoms. The Labute approximate surface area is 213 Å². The Balaban J connectivity index is 1.67. The fourth-order valence-corrected chi connectivity index (χ4v) is 3.97. The van der Waals surface area contributed by atoms with Crippen LogP contribution in [0.15, 0.2) is 53.1 Å². The second kappa shape index (κ2) is 12.4. The molecule has 2 atom stereocenters. The number of terminal acetylenes is 1. The van der Waals surface area contributed by atoms with Gasteiger partial charge >= 0.3 is 6.01 Å². The van der Waals surface area contributed by atoms with Crippen LogP contribution < -0.4 is 15.4 Å². The second-order valence-corrected chi connectivity index (χ2v) is 10.1. The minimum Gasteiger partial charge on any atom is -0.431 e. The van der Waals surface area contributed by atoms with Crippen molar-refractivity contribution in [1.82, 2.24) is 15.6 Å². The lowest BCUT2D eigenvalue weighted by molar-refractivity contribution is -0.122. The van der Waals surface area contributed by atoms with Crippen molar-refractivity contribution in [2.75, 3.05) is 17.5 Å². The molecule has 2 aromatic carbocycles. The first-order valence-corrected chi connectivity index (χ1v) is 13.0. The number of anilines is 1. The van der Waals surface area contributed by atoms with E-state index in [0.29, 0.717) is 12.1 Å². The monoisotopic (exact) mass is 532 g/mol. The molecule has 37 heavy (non-hydrogen) atoms. The van der Waals surface area contributed by atoms with E-state index in [2.05, 4.69) is 26.3 Å². The molecule has 0 unspecified atom stereocenters. The van der Waals surface area contributed by atoms with E-state index in [4.69, 9.17) is 10.8 Å². The molecular formula is C25H26F2N4O5S. The van der Waals surface area contributed by atoms with Gasteiger partial charge in [0.1, 0.15) is 17.9 Å². The molecule has 1 aromatic heterocycles. The molecule has 1 amide bonds. The van der Waals surface area contributed by atoms with Gasteiger partial charge in [-0.15, -0.1) is 6.42 Å². The molecule has 0 radical (unpaired) electrons. The average molecular weight is 533 g/mol. The van der Waals surface area contributed by atoms with Gasteiger partial charge < -0.3 is 20.2 Å². The second-order valence-electron chi connectivity index (χ2n) is 8.39. The number of rotatable bonds is 12. The van der Waals surface area contributed by atoms with E-state index < -0.39 is 39.7 Å². The fraction of sp³-hybridized carbons (Fsp3) is 0.280. The van der Waals surface area contributed by atoms with Crippen LogP contribution in [0.1, 0.15) is 22.4 Å². The van der Waals surface area contributed by atoms with Gasteiger partial charge in [0.2, 0.25) is 15.9 Å². The summed E-state index contributed by atoms with van der Waals surface area (Å²) in [7, 11) is -3.62. The largest absolute Gasteiger partial charge is 0.431 e. The maximum Gasteiger partial charge on any atom is 0.308 e. The quantitative estimate of drug-likeness (QED) is 0.261. The van der Waals surface area contributed by atoms with Crippen molar-refractivity contribution in [2.45, 2.75) is 31.5 Å². The van der Waals surface area contributed by atoms with Crippen LogP contribution in [0.25, 0.3) is 0 Å². The van der Waals surface area contributed by atoms with Gasteiger partial charge in [0.15, 0.2) is 0 Å². The number of oxazole rings is 1. The number of hydrogen-bond donors (Lipinski definition) is 4. The number of nitrogens with zero attached hydrogens (tertiary/aromatic N) is 1. The van der Waals surface area contributed by atoms with Crippen LogP contribution in [0.5, 0.6) is 0 Å². The molecule has 0 aliphatic carbocycles. The van der Waals surface area contributed by atoms with Gasteiger partial charge in [-0.05, 0) is 41.8 Å². The molecule has 0 saturated carbocycles. The van der Waals surface area contributed by atoms with Crippen molar-refractivity contribution in [3.8, 4) is 12.3 Å². The molecule has 0 aliphatic rings. The number of aromatic nitrogens is 1. The maximum atomic E-state index is 13.7. The zero-order valence-electron chi connectivity index (χ0n) is 19.9. The highest BCUT2D eigenvalue weighted by Gasteiger charge is 2.23. The zero-order valence-corrected chi connectivity index (χ0v) is 20.7. The van der Waals surface area contributed by atoms with E-state index in [1.807, 2.05) is 18.2 Å². The van der Waals surface area contributed by atoms with E-state index in [1.54, 1.807) is 6.07 Å². The van der Waals surface area contributed by atoms with Crippen molar-refractivity contribution in [3.63, 3.8) is 0 Å². The number of sulfonamides is 1. The van der Waals surface area contributed by atoms with Gasteiger partial charge in [0.25, 0.3) is 0 Å². The average Bonchev–Trinajstić information content (AvgIpc) is 3.22. The number of carbonyl (C=O) groups excluding carboxylic acids is 1. The zero-order chi connectivity index (χ0) is 27.0. The molecule has 9 nitrogen and oxygen atoms in total. The number of hydrogen-bond acceptors (Lipinski definition) is 7. The van der Waals surface area contributed by atoms with Crippen LogP contribution in [0, 0.1) is 24.0 Å². The number of halogens is 2. The van der Waals surface area contributed by atoms with Crippen LogP contribution in [-0.2, 0) is 34.2 Å². The van der Waals surface area contributed by atoms with E-state index in [-0.39, 0.29) is 36.7 Å². The number of amides is 1. The van der Waals surface area contributed by atoms with Gasteiger partial charge in [-0.2, -0.15) is 4.98 Å². The number of aliphatic hydroxyl groups excluding tert-OH is 1. The Morgan fingerprint density at radius 1 is 1.19 bits per heavy atom. The predicted octanol–water partition coefficient (Wildman–Crippen LogP) is 1.73. The van der Waals surface area contributed by atoms with Crippen LogP contribution in [0.3, 0.4) is 0 Å². The summed E-state index contributed by atoms with van der Waals surface area (Å²) in [5.41, 5.74) is 1.98. The summed E-state index contributed by atoms with van der Waals surface area (Å²) < 4.78 is 57.1. The highest BCUT2D eigenvalue weighted by molar-refractivity contribution is 7.91. The van der Waals surface area contributed by atoms with Crippen molar-refractivity contribution in [3.05, 3.63) is 82.7 Å². The summed E-state index contributed by atoms with van der Waals surface area (Å²) in [6.07, 6.45) is 5.97. The highest BCUT2D eigenvalue weighted by Crippen LogP contribution is 2.13. The van der Waals surface area contributed by atoms with Gasteiger partial charge in [-0.3, -0.25) is 4.79 Å². The van der Waals surface area contributed by atoms with Crippen molar-refractivity contribution < 1.29 is 31.5 Å². The molecule has 1 heterocycles. The number of carbonyl (C=O) groups is 1. The third-order valence-corrected chi connectivity index (χ3v) is 5.68. The van der Waals surface area contributed by atoms with Gasteiger partial charge in [0, 0.05) is 24.7 Å². The van der Waals surface area contributed by atoms with E-state index in [1.165, 1.54) is 0 Å². The topological polar surface area (TPSA) is 134 Å².